The molecule has 0 aliphatic carbocycles. The van der Waals surface area contributed by atoms with Crippen molar-refractivity contribution in [3.8, 4) is 11.5 Å². The van der Waals surface area contributed by atoms with Gasteiger partial charge in [-0.3, -0.25) is 4.79 Å². The summed E-state index contributed by atoms with van der Waals surface area (Å²) in [5, 5.41) is 3.21. The fraction of sp³-hybridized carbons (Fsp3) is 0.400. The molecule has 1 aliphatic rings. The van der Waals surface area contributed by atoms with Crippen molar-refractivity contribution in [3.63, 3.8) is 0 Å². The van der Waals surface area contributed by atoms with E-state index >= 15 is 0 Å². The quantitative estimate of drug-likeness (QED) is 0.886. The van der Waals surface area contributed by atoms with Gasteiger partial charge in [-0.05, 0) is 43.0 Å². The summed E-state index contributed by atoms with van der Waals surface area (Å²) in [6, 6.07) is 9.12. The van der Waals surface area contributed by atoms with Crippen molar-refractivity contribution in [3.05, 3.63) is 42.1 Å². The molecule has 2 aromatic rings. The molecular weight excluding hydrogens is 330 g/mol. The van der Waals surface area contributed by atoms with Crippen LogP contribution in [0.4, 0.5) is 11.5 Å². The maximum absolute atomic E-state index is 12.6. The van der Waals surface area contributed by atoms with E-state index in [4.69, 9.17) is 9.47 Å². The topological polar surface area (TPSA) is 63.7 Å². The number of anilines is 2. The second kappa shape index (κ2) is 8.08. The number of nitrogens with one attached hydrogen (secondary N) is 1. The van der Waals surface area contributed by atoms with Crippen molar-refractivity contribution in [1.82, 2.24) is 9.88 Å². The number of rotatable bonds is 5. The van der Waals surface area contributed by atoms with E-state index in [-0.39, 0.29) is 5.91 Å². The lowest BCUT2D eigenvalue weighted by molar-refractivity contribution is 0.0682. The van der Waals surface area contributed by atoms with Crippen LogP contribution in [0.5, 0.6) is 11.5 Å². The average Bonchev–Trinajstić information content (AvgIpc) is 2.68. The molecule has 0 radical (unpaired) electrons. The lowest BCUT2D eigenvalue weighted by Crippen LogP contribution is -2.39. The Kier molecular flexibility index (Phi) is 5.61. The van der Waals surface area contributed by atoms with Crippen molar-refractivity contribution in [1.29, 1.82) is 0 Å². The third-order valence-corrected chi connectivity index (χ3v) is 4.62. The van der Waals surface area contributed by atoms with E-state index in [0.717, 1.165) is 30.9 Å². The van der Waals surface area contributed by atoms with Crippen LogP contribution in [0.2, 0.25) is 0 Å². The van der Waals surface area contributed by atoms with Crippen LogP contribution in [0.3, 0.4) is 0 Å². The number of hydrogen-bond acceptors (Lipinski definition) is 5. The van der Waals surface area contributed by atoms with Crippen molar-refractivity contribution in [2.45, 2.75) is 19.8 Å². The van der Waals surface area contributed by atoms with Gasteiger partial charge in [-0.2, -0.15) is 0 Å². The number of carbonyl (C=O) groups excluding carboxylic acids is 1. The average molecular weight is 355 g/mol. The van der Waals surface area contributed by atoms with E-state index in [1.165, 1.54) is 6.42 Å². The first-order chi connectivity index (χ1) is 12.6. The highest BCUT2D eigenvalue weighted by Crippen LogP contribution is 2.31. The number of benzene rings is 1. The summed E-state index contributed by atoms with van der Waals surface area (Å²) in [4.78, 5) is 18.9. The molecule has 1 saturated heterocycles. The Morgan fingerprint density at radius 3 is 2.73 bits per heavy atom. The van der Waals surface area contributed by atoms with Crippen LogP contribution < -0.4 is 14.8 Å². The molecule has 1 aromatic carbocycles. The van der Waals surface area contributed by atoms with Crippen molar-refractivity contribution in [2.24, 2.45) is 5.92 Å². The Labute approximate surface area is 154 Å². The Morgan fingerprint density at radius 2 is 2.08 bits per heavy atom. The van der Waals surface area contributed by atoms with E-state index < -0.39 is 0 Å². The summed E-state index contributed by atoms with van der Waals surface area (Å²) in [5.41, 5.74) is 1.37. The summed E-state index contributed by atoms with van der Waals surface area (Å²) in [7, 11) is 3.23. The minimum Gasteiger partial charge on any atom is -0.497 e. The predicted octanol–water partition coefficient (Wildman–Crippen LogP) is 3.71. The van der Waals surface area contributed by atoms with Crippen LogP contribution in [0, 0.1) is 5.92 Å². The number of likely N-dealkylation sites (tertiary alicyclic amines) is 1. The van der Waals surface area contributed by atoms with Gasteiger partial charge >= 0.3 is 0 Å². The molecule has 1 N–H and O–H groups in total. The van der Waals surface area contributed by atoms with Gasteiger partial charge in [0, 0.05) is 25.4 Å². The van der Waals surface area contributed by atoms with E-state index in [1.807, 2.05) is 29.2 Å². The van der Waals surface area contributed by atoms with E-state index in [2.05, 4.69) is 17.2 Å². The van der Waals surface area contributed by atoms with Crippen molar-refractivity contribution < 1.29 is 14.3 Å². The van der Waals surface area contributed by atoms with Gasteiger partial charge < -0.3 is 19.7 Å². The number of ether oxygens (including phenoxy) is 2. The molecule has 1 fully saturated rings. The molecule has 1 amide bonds. The molecular formula is C20H25N3O3. The minimum atomic E-state index is 0.0505. The van der Waals surface area contributed by atoms with Crippen LogP contribution in [0.15, 0.2) is 36.5 Å². The first-order valence-corrected chi connectivity index (χ1v) is 8.85. The minimum absolute atomic E-state index is 0.0505. The number of nitrogens with zero attached hydrogens (tertiary/aromatic N) is 2. The highest BCUT2D eigenvalue weighted by Gasteiger charge is 2.22. The molecule has 3 rings (SSSR count). The zero-order valence-electron chi connectivity index (χ0n) is 15.5. The molecule has 1 aromatic heterocycles. The second-order valence-corrected chi connectivity index (χ2v) is 6.62. The van der Waals surface area contributed by atoms with Gasteiger partial charge in [0.05, 0.1) is 25.5 Å². The fourth-order valence-corrected chi connectivity index (χ4v) is 3.20. The van der Waals surface area contributed by atoms with Gasteiger partial charge in [-0.1, -0.05) is 6.92 Å². The number of amides is 1. The number of carbonyl (C=O) groups is 1. The van der Waals surface area contributed by atoms with Gasteiger partial charge in [-0.15, -0.1) is 0 Å². The largest absolute Gasteiger partial charge is 0.497 e. The Bertz CT molecular complexity index is 761. The molecule has 1 aliphatic heterocycles. The number of pyridine rings is 1. The second-order valence-electron chi connectivity index (χ2n) is 6.62. The van der Waals surface area contributed by atoms with E-state index in [0.29, 0.717) is 23.0 Å². The van der Waals surface area contributed by atoms with Crippen LogP contribution >= 0.6 is 0 Å². The molecule has 6 heteroatoms. The molecule has 26 heavy (non-hydrogen) atoms. The van der Waals surface area contributed by atoms with E-state index in [9.17, 15) is 4.79 Å². The first kappa shape index (κ1) is 18.0. The van der Waals surface area contributed by atoms with Crippen LogP contribution in [0.25, 0.3) is 0 Å². The highest BCUT2D eigenvalue weighted by molar-refractivity contribution is 5.94. The maximum atomic E-state index is 12.6. The molecule has 1 unspecified atom stereocenters. The van der Waals surface area contributed by atoms with Gasteiger partial charge in [0.2, 0.25) is 0 Å². The van der Waals surface area contributed by atoms with Crippen molar-refractivity contribution >= 4 is 17.4 Å². The monoisotopic (exact) mass is 355 g/mol. The Hall–Kier alpha value is -2.76. The zero-order valence-corrected chi connectivity index (χ0v) is 15.5. The number of aromatic nitrogens is 1. The molecule has 0 spiro atoms. The SMILES string of the molecule is COc1ccc(OC)c(Nc2ccc(C(=O)N3CCCC(C)C3)cn2)c1. The molecule has 1 atom stereocenters. The Balaban J connectivity index is 1.73. The van der Waals surface area contributed by atoms with Crippen LogP contribution in [0.1, 0.15) is 30.1 Å². The smallest absolute Gasteiger partial charge is 0.255 e. The standard InChI is InChI=1S/C20H25N3O3/c1-14-5-4-10-23(13-14)20(24)15-6-9-19(21-12-15)22-17-11-16(25-2)7-8-18(17)26-3/h6-9,11-12,14H,4-5,10,13H2,1-3H3,(H,21,22). The third-order valence-electron chi connectivity index (χ3n) is 4.62. The molecule has 6 nitrogen and oxygen atoms in total. The lowest BCUT2D eigenvalue weighted by atomic mass is 10.00. The van der Waals surface area contributed by atoms with Gasteiger partial charge in [0.15, 0.2) is 0 Å². The molecule has 0 bridgehead atoms. The summed E-state index contributed by atoms with van der Waals surface area (Å²) in [5.74, 6) is 2.66. The summed E-state index contributed by atoms with van der Waals surface area (Å²) < 4.78 is 10.6. The number of piperidine rings is 1. The molecule has 2 heterocycles. The zero-order chi connectivity index (χ0) is 18.5. The van der Waals surface area contributed by atoms with Crippen LogP contribution in [-0.2, 0) is 0 Å². The summed E-state index contributed by atoms with van der Waals surface area (Å²) in [6.07, 6.45) is 3.87. The summed E-state index contributed by atoms with van der Waals surface area (Å²) >= 11 is 0. The fourth-order valence-electron chi connectivity index (χ4n) is 3.20. The first-order valence-electron chi connectivity index (χ1n) is 8.85. The Morgan fingerprint density at radius 1 is 1.23 bits per heavy atom. The van der Waals surface area contributed by atoms with Gasteiger partial charge in [-0.25, -0.2) is 4.98 Å². The number of hydrogen-bond donors (Lipinski definition) is 1. The van der Waals surface area contributed by atoms with Crippen molar-refractivity contribution in [2.75, 3.05) is 32.6 Å². The van der Waals surface area contributed by atoms with Gasteiger partial charge in [0.25, 0.3) is 5.91 Å². The third kappa shape index (κ3) is 4.07. The maximum Gasteiger partial charge on any atom is 0.255 e. The normalized spacial score (nSPS) is 16.9. The lowest BCUT2D eigenvalue weighted by Gasteiger charge is -2.30. The highest BCUT2D eigenvalue weighted by atomic mass is 16.5. The van der Waals surface area contributed by atoms with E-state index in [1.54, 1.807) is 26.5 Å². The molecule has 138 valence electrons. The van der Waals surface area contributed by atoms with Crippen LogP contribution in [-0.4, -0.2) is 43.1 Å². The molecule has 0 saturated carbocycles. The predicted molar refractivity (Wildman–Crippen MR) is 101 cm³/mol. The van der Waals surface area contributed by atoms with Gasteiger partial charge in [0.1, 0.15) is 17.3 Å². The number of methoxy groups -OCH3 is 2. The summed E-state index contributed by atoms with van der Waals surface area (Å²) in [6.45, 7) is 3.83.